The van der Waals surface area contributed by atoms with E-state index < -0.39 is 5.60 Å². The van der Waals surface area contributed by atoms with Crippen LogP contribution < -0.4 is 4.74 Å². The molecule has 0 saturated heterocycles. The van der Waals surface area contributed by atoms with E-state index in [9.17, 15) is 5.11 Å². The zero-order valence-electron chi connectivity index (χ0n) is 12.9. The highest BCUT2D eigenvalue weighted by Crippen LogP contribution is 2.42. The first-order valence-corrected chi connectivity index (χ1v) is 7.86. The Balaban J connectivity index is 2.07. The summed E-state index contributed by atoms with van der Waals surface area (Å²) < 4.78 is 5.62. The van der Waals surface area contributed by atoms with Crippen molar-refractivity contribution < 1.29 is 9.84 Å². The number of rotatable bonds is 5. The lowest BCUT2D eigenvalue weighted by Crippen LogP contribution is -2.33. The van der Waals surface area contributed by atoms with Gasteiger partial charge in [-0.2, -0.15) is 0 Å². The normalized spacial score (nSPS) is 26.8. The molecule has 20 heavy (non-hydrogen) atoms. The van der Waals surface area contributed by atoms with Gasteiger partial charge in [0, 0.05) is 11.8 Å². The molecule has 3 heteroatoms. The maximum absolute atomic E-state index is 10.9. The van der Waals surface area contributed by atoms with Crippen molar-refractivity contribution in [2.24, 2.45) is 11.8 Å². The maximum Gasteiger partial charge on any atom is 0.137 e. The van der Waals surface area contributed by atoms with E-state index in [1.165, 1.54) is 0 Å². The Morgan fingerprint density at radius 3 is 2.65 bits per heavy atom. The van der Waals surface area contributed by atoms with Gasteiger partial charge in [0.25, 0.3) is 0 Å². The number of nitrogens with zero attached hydrogens (tertiary/aromatic N) is 1. The maximum atomic E-state index is 10.9. The molecule has 0 aromatic carbocycles. The van der Waals surface area contributed by atoms with Gasteiger partial charge in [0.05, 0.1) is 18.4 Å². The van der Waals surface area contributed by atoms with Gasteiger partial charge in [-0.3, -0.25) is 4.98 Å². The van der Waals surface area contributed by atoms with E-state index in [1.54, 1.807) is 12.4 Å². The fourth-order valence-electron chi connectivity index (χ4n) is 3.05. The molecule has 0 aliphatic heterocycles. The highest BCUT2D eigenvalue weighted by molar-refractivity contribution is 5.28. The van der Waals surface area contributed by atoms with Gasteiger partial charge >= 0.3 is 0 Å². The van der Waals surface area contributed by atoms with Gasteiger partial charge in [-0.15, -0.1) is 0 Å². The summed E-state index contributed by atoms with van der Waals surface area (Å²) in [6.45, 7) is 7.32. The van der Waals surface area contributed by atoms with Crippen molar-refractivity contribution >= 4 is 0 Å². The van der Waals surface area contributed by atoms with Crippen LogP contribution in [0.2, 0.25) is 0 Å². The molecule has 1 saturated carbocycles. The van der Waals surface area contributed by atoms with Crippen molar-refractivity contribution in [1.29, 1.82) is 0 Å². The highest BCUT2D eigenvalue weighted by atomic mass is 16.5. The Morgan fingerprint density at radius 2 is 2.05 bits per heavy atom. The Bertz CT molecular complexity index is 423. The third-order valence-electron chi connectivity index (χ3n) is 4.52. The summed E-state index contributed by atoms with van der Waals surface area (Å²) in [5.74, 6) is 2.21. The third-order valence-corrected chi connectivity index (χ3v) is 4.52. The molecule has 0 amide bonds. The molecule has 2 rings (SSSR count). The summed E-state index contributed by atoms with van der Waals surface area (Å²) in [7, 11) is 0. The fraction of sp³-hybridized carbons (Fsp3) is 0.706. The number of ether oxygens (including phenoxy) is 1. The van der Waals surface area contributed by atoms with Crippen LogP contribution in [0.3, 0.4) is 0 Å². The van der Waals surface area contributed by atoms with Crippen molar-refractivity contribution in [3.05, 3.63) is 24.0 Å². The largest absolute Gasteiger partial charge is 0.492 e. The van der Waals surface area contributed by atoms with Crippen LogP contribution in [0.4, 0.5) is 0 Å². The monoisotopic (exact) mass is 277 g/mol. The molecule has 112 valence electrons. The molecule has 1 N–H and O–H groups in total. The van der Waals surface area contributed by atoms with Crippen molar-refractivity contribution in [3.8, 4) is 5.75 Å². The standard InChI is InChI=1S/C17H27NO2/c1-4-9-20-16-10-15(11-18-12-16)17(19)7-5-14(6-8-17)13(2)3/h10-14,19H,4-9H2,1-3H3. The van der Waals surface area contributed by atoms with Gasteiger partial charge in [-0.1, -0.05) is 20.8 Å². The van der Waals surface area contributed by atoms with Gasteiger partial charge in [0.15, 0.2) is 0 Å². The smallest absolute Gasteiger partial charge is 0.137 e. The second-order valence-corrected chi connectivity index (χ2v) is 6.37. The summed E-state index contributed by atoms with van der Waals surface area (Å²) in [6, 6.07) is 1.96. The Hall–Kier alpha value is -1.09. The minimum atomic E-state index is -0.718. The number of hydrogen-bond donors (Lipinski definition) is 1. The molecule has 1 aliphatic rings. The van der Waals surface area contributed by atoms with Crippen LogP contribution in [0.15, 0.2) is 18.5 Å². The molecular formula is C17H27NO2. The molecule has 0 unspecified atom stereocenters. The van der Waals surface area contributed by atoms with Crippen LogP contribution in [0.5, 0.6) is 5.75 Å². The summed E-state index contributed by atoms with van der Waals surface area (Å²) in [4.78, 5) is 4.23. The van der Waals surface area contributed by atoms with Gasteiger partial charge in [0.2, 0.25) is 0 Å². The van der Waals surface area contributed by atoms with Gasteiger partial charge in [-0.25, -0.2) is 0 Å². The number of aromatic nitrogens is 1. The lowest BCUT2D eigenvalue weighted by atomic mass is 9.72. The van der Waals surface area contributed by atoms with E-state index in [4.69, 9.17) is 4.74 Å². The van der Waals surface area contributed by atoms with E-state index in [-0.39, 0.29) is 0 Å². The van der Waals surface area contributed by atoms with E-state index in [0.29, 0.717) is 12.5 Å². The average Bonchev–Trinajstić information content (AvgIpc) is 2.46. The zero-order valence-corrected chi connectivity index (χ0v) is 12.9. The first-order chi connectivity index (χ1) is 9.55. The molecule has 0 atom stereocenters. The molecule has 3 nitrogen and oxygen atoms in total. The summed E-state index contributed by atoms with van der Waals surface area (Å²) in [5.41, 5.74) is 0.192. The SMILES string of the molecule is CCCOc1cncc(C2(O)CCC(C(C)C)CC2)c1. The predicted octanol–water partition coefficient (Wildman–Crippen LogP) is 3.90. The van der Waals surface area contributed by atoms with Crippen molar-refractivity contribution in [2.75, 3.05) is 6.61 Å². The lowest BCUT2D eigenvalue weighted by molar-refractivity contribution is -0.0204. The molecule has 1 fully saturated rings. The molecule has 0 radical (unpaired) electrons. The van der Waals surface area contributed by atoms with Crippen LogP contribution in [0.25, 0.3) is 0 Å². The Morgan fingerprint density at radius 1 is 1.35 bits per heavy atom. The molecule has 1 aromatic heterocycles. The first kappa shape index (κ1) is 15.3. The third kappa shape index (κ3) is 3.51. The van der Waals surface area contributed by atoms with E-state index in [2.05, 4.69) is 25.8 Å². The van der Waals surface area contributed by atoms with Crippen molar-refractivity contribution in [1.82, 2.24) is 4.98 Å². The topological polar surface area (TPSA) is 42.4 Å². The Kier molecular flexibility index (Phi) is 5.03. The minimum Gasteiger partial charge on any atom is -0.492 e. The van der Waals surface area contributed by atoms with Crippen LogP contribution >= 0.6 is 0 Å². The van der Waals surface area contributed by atoms with Crippen molar-refractivity contribution in [3.63, 3.8) is 0 Å². The van der Waals surface area contributed by atoms with Gasteiger partial charge < -0.3 is 9.84 Å². The summed E-state index contributed by atoms with van der Waals surface area (Å²) in [5, 5.41) is 10.9. The second kappa shape index (κ2) is 6.57. The minimum absolute atomic E-state index is 0.693. The summed E-state index contributed by atoms with van der Waals surface area (Å²) >= 11 is 0. The number of pyridine rings is 1. The molecule has 1 aliphatic carbocycles. The van der Waals surface area contributed by atoms with Crippen molar-refractivity contribution in [2.45, 2.75) is 58.5 Å². The fourth-order valence-corrected chi connectivity index (χ4v) is 3.05. The Labute approximate surface area is 122 Å². The van der Waals surface area contributed by atoms with Gasteiger partial charge in [0.1, 0.15) is 5.75 Å². The first-order valence-electron chi connectivity index (χ1n) is 7.86. The molecule has 0 bridgehead atoms. The van der Waals surface area contributed by atoms with Crippen LogP contribution in [-0.2, 0) is 5.60 Å². The van der Waals surface area contributed by atoms with Gasteiger partial charge in [-0.05, 0) is 50.0 Å². The van der Waals surface area contributed by atoms with Crippen LogP contribution in [0.1, 0.15) is 58.4 Å². The average molecular weight is 277 g/mol. The molecule has 1 heterocycles. The predicted molar refractivity (Wildman–Crippen MR) is 80.7 cm³/mol. The molecule has 1 aromatic rings. The van der Waals surface area contributed by atoms with E-state index in [1.807, 2.05) is 6.07 Å². The summed E-state index contributed by atoms with van der Waals surface area (Å²) in [6.07, 6.45) is 8.33. The zero-order chi connectivity index (χ0) is 14.6. The molecular weight excluding hydrogens is 250 g/mol. The van der Waals surface area contributed by atoms with Crippen LogP contribution in [-0.4, -0.2) is 16.7 Å². The quantitative estimate of drug-likeness (QED) is 0.887. The highest BCUT2D eigenvalue weighted by Gasteiger charge is 2.36. The van der Waals surface area contributed by atoms with E-state index >= 15 is 0 Å². The second-order valence-electron chi connectivity index (χ2n) is 6.37. The number of aliphatic hydroxyl groups is 1. The number of hydrogen-bond acceptors (Lipinski definition) is 3. The molecule has 0 spiro atoms. The van der Waals surface area contributed by atoms with Crippen LogP contribution in [0, 0.1) is 11.8 Å². The van der Waals surface area contributed by atoms with E-state index in [0.717, 1.165) is 49.3 Å². The lowest BCUT2D eigenvalue weighted by Gasteiger charge is -2.37.